The summed E-state index contributed by atoms with van der Waals surface area (Å²) in [4.78, 5) is 15.3. The summed E-state index contributed by atoms with van der Waals surface area (Å²) < 4.78 is 6.06. The van der Waals surface area contributed by atoms with E-state index in [0.717, 1.165) is 49.9 Å². The zero-order valence-corrected chi connectivity index (χ0v) is 17.7. The van der Waals surface area contributed by atoms with Gasteiger partial charge in [0.1, 0.15) is 12.4 Å². The smallest absolute Gasteiger partial charge is 0.225 e. The van der Waals surface area contributed by atoms with E-state index in [-0.39, 0.29) is 0 Å². The second kappa shape index (κ2) is 9.67. The van der Waals surface area contributed by atoms with Crippen LogP contribution < -0.4 is 15.0 Å². The van der Waals surface area contributed by atoms with E-state index in [0.29, 0.717) is 12.6 Å². The maximum Gasteiger partial charge on any atom is 0.225 e. The van der Waals surface area contributed by atoms with Gasteiger partial charge in [-0.1, -0.05) is 18.2 Å². The van der Waals surface area contributed by atoms with E-state index in [9.17, 15) is 0 Å². The van der Waals surface area contributed by atoms with Crippen molar-refractivity contribution >= 4 is 5.95 Å². The van der Waals surface area contributed by atoms with E-state index in [1.54, 1.807) is 18.6 Å². The average molecular weight is 404 g/mol. The number of nitrogens with zero attached hydrogens (tertiary/aromatic N) is 4. The van der Waals surface area contributed by atoms with Gasteiger partial charge in [0.05, 0.1) is 5.69 Å². The van der Waals surface area contributed by atoms with Crippen molar-refractivity contribution in [3.05, 3.63) is 77.4 Å². The Kier molecular flexibility index (Phi) is 6.54. The van der Waals surface area contributed by atoms with Gasteiger partial charge in [0.2, 0.25) is 5.95 Å². The van der Waals surface area contributed by atoms with Crippen LogP contribution in [-0.4, -0.2) is 34.1 Å². The molecule has 6 heteroatoms. The SMILES string of the molecule is Cc1cc(CNC2CCN(c3ncccn3)CC2)cc(C)c1OCc1ccccn1. The van der Waals surface area contributed by atoms with Crippen LogP contribution in [0.3, 0.4) is 0 Å². The Morgan fingerprint density at radius 2 is 1.67 bits per heavy atom. The van der Waals surface area contributed by atoms with Gasteiger partial charge in [-0.15, -0.1) is 0 Å². The summed E-state index contributed by atoms with van der Waals surface area (Å²) in [6, 6.07) is 12.7. The van der Waals surface area contributed by atoms with Crippen LogP contribution in [0.2, 0.25) is 0 Å². The maximum atomic E-state index is 6.06. The quantitative estimate of drug-likeness (QED) is 0.647. The largest absolute Gasteiger partial charge is 0.487 e. The highest BCUT2D eigenvalue weighted by Gasteiger charge is 2.20. The van der Waals surface area contributed by atoms with Crippen molar-refractivity contribution < 1.29 is 4.74 Å². The number of nitrogens with one attached hydrogen (secondary N) is 1. The first-order valence-corrected chi connectivity index (χ1v) is 10.6. The number of ether oxygens (including phenoxy) is 1. The molecule has 0 bridgehead atoms. The van der Waals surface area contributed by atoms with Crippen LogP contribution in [0.1, 0.15) is 35.2 Å². The van der Waals surface area contributed by atoms with Crippen LogP contribution >= 0.6 is 0 Å². The first-order chi connectivity index (χ1) is 14.7. The normalized spacial score (nSPS) is 14.7. The molecule has 30 heavy (non-hydrogen) atoms. The van der Waals surface area contributed by atoms with Gasteiger partial charge in [0.25, 0.3) is 0 Å². The molecule has 1 aliphatic heterocycles. The van der Waals surface area contributed by atoms with Crippen molar-refractivity contribution in [1.82, 2.24) is 20.3 Å². The lowest BCUT2D eigenvalue weighted by Gasteiger charge is -2.32. The fraction of sp³-hybridized carbons (Fsp3) is 0.375. The summed E-state index contributed by atoms with van der Waals surface area (Å²) in [5.74, 6) is 1.80. The van der Waals surface area contributed by atoms with Gasteiger partial charge in [0, 0.05) is 44.3 Å². The van der Waals surface area contributed by atoms with Crippen molar-refractivity contribution in [3.8, 4) is 5.75 Å². The number of piperidine rings is 1. The lowest BCUT2D eigenvalue weighted by atomic mass is 10.0. The Balaban J connectivity index is 1.29. The molecule has 4 rings (SSSR count). The number of aromatic nitrogens is 3. The third kappa shape index (κ3) is 5.13. The first-order valence-electron chi connectivity index (χ1n) is 10.6. The molecule has 3 aromatic rings. The topological polar surface area (TPSA) is 63.2 Å². The molecule has 1 aromatic carbocycles. The minimum Gasteiger partial charge on any atom is -0.487 e. The summed E-state index contributed by atoms with van der Waals surface area (Å²) in [6.45, 7) is 7.56. The molecule has 0 aliphatic carbocycles. The van der Waals surface area contributed by atoms with Gasteiger partial charge >= 0.3 is 0 Å². The molecular formula is C24H29N5O. The maximum absolute atomic E-state index is 6.06. The molecular weight excluding hydrogens is 374 g/mol. The molecule has 1 N–H and O–H groups in total. The number of hydrogen-bond donors (Lipinski definition) is 1. The Morgan fingerprint density at radius 3 is 2.33 bits per heavy atom. The minimum absolute atomic E-state index is 0.490. The summed E-state index contributed by atoms with van der Waals surface area (Å²) in [7, 11) is 0. The van der Waals surface area contributed by atoms with Crippen molar-refractivity contribution in [2.75, 3.05) is 18.0 Å². The lowest BCUT2D eigenvalue weighted by Crippen LogP contribution is -2.42. The van der Waals surface area contributed by atoms with Crippen molar-refractivity contribution in [3.63, 3.8) is 0 Å². The van der Waals surface area contributed by atoms with Gasteiger partial charge in [0.15, 0.2) is 0 Å². The second-order valence-corrected chi connectivity index (χ2v) is 7.86. The van der Waals surface area contributed by atoms with Crippen molar-refractivity contribution in [2.45, 2.75) is 45.9 Å². The van der Waals surface area contributed by atoms with Gasteiger partial charge in [-0.2, -0.15) is 0 Å². The van der Waals surface area contributed by atoms with Gasteiger partial charge < -0.3 is 15.0 Å². The van der Waals surface area contributed by atoms with E-state index in [1.165, 1.54) is 16.7 Å². The zero-order chi connectivity index (χ0) is 20.8. The Hall–Kier alpha value is -2.99. The number of pyridine rings is 1. The molecule has 2 aromatic heterocycles. The van der Waals surface area contributed by atoms with Crippen LogP contribution in [0.25, 0.3) is 0 Å². The zero-order valence-electron chi connectivity index (χ0n) is 17.7. The van der Waals surface area contributed by atoms with E-state index in [2.05, 4.69) is 51.1 Å². The number of rotatable bonds is 7. The number of hydrogen-bond acceptors (Lipinski definition) is 6. The van der Waals surface area contributed by atoms with E-state index in [1.807, 2.05) is 24.3 Å². The van der Waals surface area contributed by atoms with E-state index in [4.69, 9.17) is 4.74 Å². The van der Waals surface area contributed by atoms with Crippen LogP contribution in [0.15, 0.2) is 55.0 Å². The first kappa shape index (κ1) is 20.3. The molecule has 6 nitrogen and oxygen atoms in total. The Morgan fingerprint density at radius 1 is 0.967 bits per heavy atom. The van der Waals surface area contributed by atoms with Gasteiger partial charge in [-0.25, -0.2) is 9.97 Å². The standard InChI is InChI=1S/C24H29N5O/c1-18-14-20(15-19(2)23(18)30-17-22-6-3-4-9-25-22)16-28-21-7-12-29(13-8-21)24-26-10-5-11-27-24/h3-6,9-11,14-15,21,28H,7-8,12-13,16-17H2,1-2H3. The van der Waals surface area contributed by atoms with Crippen LogP contribution in [0, 0.1) is 13.8 Å². The average Bonchev–Trinajstić information content (AvgIpc) is 2.79. The molecule has 0 atom stereocenters. The second-order valence-electron chi connectivity index (χ2n) is 7.86. The molecule has 1 fully saturated rings. The van der Waals surface area contributed by atoms with Crippen LogP contribution in [-0.2, 0) is 13.2 Å². The molecule has 0 unspecified atom stereocenters. The molecule has 0 spiro atoms. The monoisotopic (exact) mass is 403 g/mol. The Labute approximate surface area is 178 Å². The number of aryl methyl sites for hydroxylation is 2. The fourth-order valence-electron chi connectivity index (χ4n) is 4.00. The molecule has 0 amide bonds. The molecule has 156 valence electrons. The molecule has 1 saturated heterocycles. The molecule has 0 radical (unpaired) electrons. The fourth-order valence-corrected chi connectivity index (χ4v) is 4.00. The van der Waals surface area contributed by atoms with Crippen molar-refractivity contribution in [1.29, 1.82) is 0 Å². The van der Waals surface area contributed by atoms with Gasteiger partial charge in [-0.05, 0) is 61.6 Å². The third-order valence-electron chi connectivity index (χ3n) is 5.54. The van der Waals surface area contributed by atoms with Crippen LogP contribution in [0.4, 0.5) is 5.95 Å². The highest BCUT2D eigenvalue weighted by Crippen LogP contribution is 2.26. The summed E-state index contributed by atoms with van der Waals surface area (Å²) in [5.41, 5.74) is 4.57. The highest BCUT2D eigenvalue weighted by molar-refractivity contribution is 5.43. The van der Waals surface area contributed by atoms with E-state index < -0.39 is 0 Å². The lowest BCUT2D eigenvalue weighted by molar-refractivity contribution is 0.297. The predicted octanol–water partition coefficient (Wildman–Crippen LogP) is 3.83. The minimum atomic E-state index is 0.490. The number of benzene rings is 1. The third-order valence-corrected chi connectivity index (χ3v) is 5.54. The summed E-state index contributed by atoms with van der Waals surface area (Å²) >= 11 is 0. The Bertz CT molecular complexity index is 917. The highest BCUT2D eigenvalue weighted by atomic mass is 16.5. The number of anilines is 1. The summed E-state index contributed by atoms with van der Waals surface area (Å²) in [5, 5.41) is 3.72. The van der Waals surface area contributed by atoms with Crippen molar-refractivity contribution in [2.24, 2.45) is 0 Å². The van der Waals surface area contributed by atoms with E-state index >= 15 is 0 Å². The predicted molar refractivity (Wildman–Crippen MR) is 119 cm³/mol. The molecule has 1 aliphatic rings. The van der Waals surface area contributed by atoms with Crippen LogP contribution in [0.5, 0.6) is 5.75 Å². The summed E-state index contributed by atoms with van der Waals surface area (Å²) in [6.07, 6.45) is 7.61. The molecule has 0 saturated carbocycles. The molecule has 3 heterocycles. The van der Waals surface area contributed by atoms with Gasteiger partial charge in [-0.3, -0.25) is 4.98 Å².